The molecule has 1 aliphatic rings. The van der Waals surface area contributed by atoms with E-state index < -0.39 is 0 Å². The Hall–Kier alpha value is -2.79. The van der Waals surface area contributed by atoms with Crippen molar-refractivity contribution in [3.05, 3.63) is 65.0 Å². The molecular weight excluding hydrogens is 338 g/mol. The van der Waals surface area contributed by atoms with Gasteiger partial charge in [-0.1, -0.05) is 31.2 Å². The number of aryl methyl sites for hydroxylation is 2. The Labute approximate surface area is 159 Å². The van der Waals surface area contributed by atoms with Gasteiger partial charge in [0.25, 0.3) is 0 Å². The van der Waals surface area contributed by atoms with Gasteiger partial charge >= 0.3 is 0 Å². The van der Waals surface area contributed by atoms with Gasteiger partial charge in [-0.15, -0.1) is 0 Å². The molecule has 0 amide bonds. The highest BCUT2D eigenvalue weighted by Crippen LogP contribution is 2.38. The van der Waals surface area contributed by atoms with Crippen molar-refractivity contribution in [2.45, 2.75) is 33.4 Å². The minimum Gasteiger partial charge on any atom is -0.504 e. The standard InChI is InChI=1S/C22H25N3O2/c1-3-18-12-19(24-23-18)14-25-8-9-27-22-17(13-25)10-16(11-21(22)26)20-7-5-4-6-15(20)2/h4-7,10-12,26H,3,8-9,13-14H2,1-2H3,(H,23,24). The molecule has 3 aromatic rings. The van der Waals surface area contributed by atoms with Gasteiger partial charge in [0, 0.05) is 30.9 Å². The van der Waals surface area contributed by atoms with Gasteiger partial charge in [-0.05, 0) is 48.2 Å². The van der Waals surface area contributed by atoms with Crippen molar-refractivity contribution in [2.75, 3.05) is 13.2 Å². The predicted octanol–water partition coefficient (Wildman–Crippen LogP) is 4.05. The zero-order valence-corrected chi connectivity index (χ0v) is 15.8. The zero-order chi connectivity index (χ0) is 18.8. The lowest BCUT2D eigenvalue weighted by molar-refractivity contribution is 0.215. The second-order valence-corrected chi connectivity index (χ2v) is 7.10. The third kappa shape index (κ3) is 3.69. The van der Waals surface area contributed by atoms with Crippen LogP contribution in [0.4, 0.5) is 0 Å². The molecule has 0 radical (unpaired) electrons. The Morgan fingerprint density at radius 1 is 1.22 bits per heavy atom. The van der Waals surface area contributed by atoms with Gasteiger partial charge in [0.05, 0.1) is 5.69 Å². The molecule has 0 saturated heterocycles. The van der Waals surface area contributed by atoms with Crippen LogP contribution in [-0.4, -0.2) is 33.4 Å². The highest BCUT2D eigenvalue weighted by Gasteiger charge is 2.20. The molecule has 1 aromatic heterocycles. The SMILES string of the molecule is CCc1cc(CN2CCOc3c(O)cc(-c4ccccc4C)cc3C2)[nH]n1. The summed E-state index contributed by atoms with van der Waals surface area (Å²) in [6.45, 7) is 7.05. The van der Waals surface area contributed by atoms with Crippen molar-refractivity contribution < 1.29 is 9.84 Å². The van der Waals surface area contributed by atoms with Gasteiger partial charge in [-0.3, -0.25) is 10.00 Å². The monoisotopic (exact) mass is 363 g/mol. The van der Waals surface area contributed by atoms with Crippen LogP contribution in [0.5, 0.6) is 11.5 Å². The van der Waals surface area contributed by atoms with E-state index in [-0.39, 0.29) is 5.75 Å². The van der Waals surface area contributed by atoms with E-state index in [1.165, 1.54) is 5.56 Å². The third-order valence-corrected chi connectivity index (χ3v) is 5.09. The number of hydrogen-bond donors (Lipinski definition) is 2. The first-order chi connectivity index (χ1) is 13.1. The summed E-state index contributed by atoms with van der Waals surface area (Å²) < 4.78 is 5.88. The fourth-order valence-electron chi connectivity index (χ4n) is 3.65. The van der Waals surface area contributed by atoms with Crippen LogP contribution in [0.25, 0.3) is 11.1 Å². The summed E-state index contributed by atoms with van der Waals surface area (Å²) in [5.41, 5.74) is 6.54. The first-order valence-corrected chi connectivity index (χ1v) is 9.44. The molecule has 140 valence electrons. The minimum atomic E-state index is 0.211. The van der Waals surface area contributed by atoms with Gasteiger partial charge in [0.1, 0.15) is 6.61 Å². The van der Waals surface area contributed by atoms with E-state index in [4.69, 9.17) is 4.74 Å². The molecule has 2 N–H and O–H groups in total. The van der Waals surface area contributed by atoms with Crippen LogP contribution in [0.15, 0.2) is 42.5 Å². The maximum Gasteiger partial charge on any atom is 0.165 e. The number of aromatic amines is 1. The van der Waals surface area contributed by atoms with Crippen LogP contribution < -0.4 is 4.74 Å². The van der Waals surface area contributed by atoms with E-state index in [1.807, 2.05) is 12.1 Å². The molecule has 0 fully saturated rings. The number of nitrogens with zero attached hydrogens (tertiary/aromatic N) is 2. The number of phenols is 1. The van der Waals surface area contributed by atoms with Crippen molar-refractivity contribution in [2.24, 2.45) is 0 Å². The highest BCUT2D eigenvalue weighted by atomic mass is 16.5. The molecule has 4 rings (SSSR count). The minimum absolute atomic E-state index is 0.211. The molecule has 0 aliphatic carbocycles. The van der Waals surface area contributed by atoms with Gasteiger partial charge < -0.3 is 9.84 Å². The molecular formula is C22H25N3O2. The summed E-state index contributed by atoms with van der Waals surface area (Å²) in [6.07, 6.45) is 0.927. The van der Waals surface area contributed by atoms with Crippen LogP contribution in [0.2, 0.25) is 0 Å². The molecule has 0 unspecified atom stereocenters. The second-order valence-electron chi connectivity index (χ2n) is 7.10. The van der Waals surface area contributed by atoms with Gasteiger partial charge in [-0.25, -0.2) is 0 Å². The number of rotatable bonds is 4. The first-order valence-electron chi connectivity index (χ1n) is 9.44. The second kappa shape index (κ2) is 7.45. The molecule has 2 heterocycles. The molecule has 0 atom stereocenters. The summed E-state index contributed by atoms with van der Waals surface area (Å²) in [7, 11) is 0. The van der Waals surface area contributed by atoms with Crippen LogP contribution >= 0.6 is 0 Å². The number of fused-ring (bicyclic) bond motifs is 1. The normalized spacial score (nSPS) is 14.4. The van der Waals surface area contributed by atoms with Crippen LogP contribution in [0.3, 0.4) is 0 Å². The van der Waals surface area contributed by atoms with Crippen molar-refractivity contribution >= 4 is 0 Å². The Morgan fingerprint density at radius 2 is 2.07 bits per heavy atom. The third-order valence-electron chi connectivity index (χ3n) is 5.09. The van der Waals surface area contributed by atoms with Crippen molar-refractivity contribution in [3.63, 3.8) is 0 Å². The molecule has 5 nitrogen and oxygen atoms in total. The summed E-state index contributed by atoms with van der Waals surface area (Å²) >= 11 is 0. The topological polar surface area (TPSA) is 61.4 Å². The van der Waals surface area contributed by atoms with Crippen molar-refractivity contribution in [3.8, 4) is 22.6 Å². The van der Waals surface area contributed by atoms with Gasteiger partial charge in [0.15, 0.2) is 11.5 Å². The number of aromatic hydroxyl groups is 1. The van der Waals surface area contributed by atoms with E-state index in [1.54, 1.807) is 6.07 Å². The van der Waals surface area contributed by atoms with Crippen molar-refractivity contribution in [1.82, 2.24) is 15.1 Å². The zero-order valence-electron chi connectivity index (χ0n) is 15.8. The molecule has 0 saturated carbocycles. The molecule has 2 aromatic carbocycles. The Balaban J connectivity index is 1.63. The lowest BCUT2D eigenvalue weighted by atomic mass is 9.98. The maximum absolute atomic E-state index is 10.6. The number of H-pyrrole nitrogens is 1. The fourth-order valence-corrected chi connectivity index (χ4v) is 3.65. The largest absolute Gasteiger partial charge is 0.504 e. The Morgan fingerprint density at radius 3 is 2.85 bits per heavy atom. The van der Waals surface area contributed by atoms with E-state index in [9.17, 15) is 5.11 Å². The molecule has 0 spiro atoms. The van der Waals surface area contributed by atoms with Gasteiger partial charge in [-0.2, -0.15) is 5.10 Å². The number of phenolic OH excluding ortho intramolecular Hbond substituents is 1. The summed E-state index contributed by atoms with van der Waals surface area (Å²) in [6, 6.07) is 14.3. The van der Waals surface area contributed by atoms with E-state index in [0.717, 1.165) is 54.1 Å². The summed E-state index contributed by atoms with van der Waals surface area (Å²) in [5, 5.41) is 18.0. The average Bonchev–Trinajstić information content (AvgIpc) is 3.01. The van der Waals surface area contributed by atoms with E-state index in [2.05, 4.69) is 53.2 Å². The van der Waals surface area contributed by atoms with Gasteiger partial charge in [0.2, 0.25) is 0 Å². The first kappa shape index (κ1) is 17.6. The number of benzene rings is 2. The van der Waals surface area contributed by atoms with Crippen molar-refractivity contribution in [1.29, 1.82) is 0 Å². The molecule has 27 heavy (non-hydrogen) atoms. The Kier molecular flexibility index (Phi) is 4.86. The number of hydrogen-bond acceptors (Lipinski definition) is 4. The fraction of sp³-hybridized carbons (Fsp3) is 0.318. The van der Waals surface area contributed by atoms with E-state index >= 15 is 0 Å². The summed E-state index contributed by atoms with van der Waals surface area (Å²) in [4.78, 5) is 2.32. The van der Waals surface area contributed by atoms with Crippen LogP contribution in [-0.2, 0) is 19.5 Å². The number of aromatic nitrogens is 2. The molecule has 5 heteroatoms. The lowest BCUT2D eigenvalue weighted by Gasteiger charge is -2.18. The smallest absolute Gasteiger partial charge is 0.165 e. The quantitative estimate of drug-likeness (QED) is 0.734. The molecule has 1 aliphatic heterocycles. The van der Waals surface area contributed by atoms with E-state index in [0.29, 0.717) is 12.4 Å². The maximum atomic E-state index is 10.6. The lowest BCUT2D eigenvalue weighted by Crippen LogP contribution is -2.25. The molecule has 0 bridgehead atoms. The predicted molar refractivity (Wildman–Crippen MR) is 106 cm³/mol. The number of ether oxygens (including phenoxy) is 1. The Bertz CT molecular complexity index is 948. The van der Waals surface area contributed by atoms with Crippen LogP contribution in [0, 0.1) is 6.92 Å². The highest BCUT2D eigenvalue weighted by molar-refractivity contribution is 5.71. The summed E-state index contributed by atoms with van der Waals surface area (Å²) in [5.74, 6) is 0.816. The van der Waals surface area contributed by atoms with Crippen LogP contribution in [0.1, 0.15) is 29.4 Å². The number of nitrogens with one attached hydrogen (secondary N) is 1. The average molecular weight is 363 g/mol.